The van der Waals surface area contributed by atoms with E-state index in [0.717, 1.165) is 24.8 Å². The van der Waals surface area contributed by atoms with Gasteiger partial charge in [-0.2, -0.15) is 0 Å². The Morgan fingerprint density at radius 3 is 2.46 bits per heavy atom. The van der Waals surface area contributed by atoms with E-state index in [9.17, 15) is 0 Å². The first kappa shape index (κ1) is 22.5. The third-order valence-electron chi connectivity index (χ3n) is 4.27. The SMILES string of the molecule is CCNC(=NCC(c1ccco1)N(C)C)N(C)Cc1ccccc1C.I. The minimum Gasteiger partial charge on any atom is -0.468 e. The molecule has 0 bridgehead atoms. The summed E-state index contributed by atoms with van der Waals surface area (Å²) in [5, 5.41) is 3.39. The molecule has 5 nitrogen and oxygen atoms in total. The van der Waals surface area contributed by atoms with Crippen molar-refractivity contribution in [3.63, 3.8) is 0 Å². The van der Waals surface area contributed by atoms with Crippen molar-refractivity contribution in [3.8, 4) is 0 Å². The molecule has 0 aliphatic carbocycles. The van der Waals surface area contributed by atoms with Crippen LogP contribution in [0.3, 0.4) is 0 Å². The molecular formula is C20H31IN4O. The van der Waals surface area contributed by atoms with Crippen molar-refractivity contribution in [1.29, 1.82) is 0 Å². The van der Waals surface area contributed by atoms with E-state index in [1.54, 1.807) is 6.26 Å². The lowest BCUT2D eigenvalue weighted by atomic mass is 10.1. The van der Waals surface area contributed by atoms with Crippen LogP contribution in [0.4, 0.5) is 0 Å². The molecule has 0 aliphatic heterocycles. The third-order valence-corrected chi connectivity index (χ3v) is 4.27. The van der Waals surface area contributed by atoms with Crippen LogP contribution in [0.15, 0.2) is 52.1 Å². The zero-order valence-electron chi connectivity index (χ0n) is 16.4. The molecule has 0 fully saturated rings. The summed E-state index contributed by atoms with van der Waals surface area (Å²) in [6.45, 7) is 6.54. The average molecular weight is 470 g/mol. The van der Waals surface area contributed by atoms with Crippen molar-refractivity contribution in [2.45, 2.75) is 26.4 Å². The molecule has 2 rings (SSSR count). The first-order valence-electron chi connectivity index (χ1n) is 8.76. The predicted molar refractivity (Wildman–Crippen MR) is 119 cm³/mol. The molecule has 0 saturated heterocycles. The molecule has 0 spiro atoms. The second-order valence-electron chi connectivity index (χ2n) is 6.47. The van der Waals surface area contributed by atoms with E-state index in [1.807, 2.05) is 26.2 Å². The van der Waals surface area contributed by atoms with Gasteiger partial charge in [0.1, 0.15) is 5.76 Å². The van der Waals surface area contributed by atoms with Crippen LogP contribution in [-0.4, -0.2) is 50.0 Å². The molecule has 26 heavy (non-hydrogen) atoms. The van der Waals surface area contributed by atoms with Crippen molar-refractivity contribution >= 4 is 29.9 Å². The van der Waals surface area contributed by atoms with Gasteiger partial charge in [-0.25, -0.2) is 0 Å². The Bertz CT molecular complexity index is 670. The minimum absolute atomic E-state index is 0. The fraction of sp³-hybridized carbons (Fsp3) is 0.450. The Balaban J connectivity index is 0.00000338. The number of halogens is 1. The van der Waals surface area contributed by atoms with Crippen LogP contribution >= 0.6 is 24.0 Å². The van der Waals surface area contributed by atoms with E-state index in [0.29, 0.717) is 6.54 Å². The van der Waals surface area contributed by atoms with Crippen LogP contribution < -0.4 is 5.32 Å². The molecule has 1 aromatic heterocycles. The van der Waals surface area contributed by atoms with E-state index in [4.69, 9.17) is 9.41 Å². The lowest BCUT2D eigenvalue weighted by molar-refractivity contribution is 0.264. The van der Waals surface area contributed by atoms with Crippen molar-refractivity contribution in [2.75, 3.05) is 34.2 Å². The maximum atomic E-state index is 5.58. The van der Waals surface area contributed by atoms with Crippen molar-refractivity contribution in [2.24, 2.45) is 4.99 Å². The molecule has 1 heterocycles. The van der Waals surface area contributed by atoms with Crippen LogP contribution in [-0.2, 0) is 6.54 Å². The molecule has 6 heteroatoms. The number of furan rings is 1. The third kappa shape index (κ3) is 6.32. The van der Waals surface area contributed by atoms with E-state index >= 15 is 0 Å². The average Bonchev–Trinajstić information content (AvgIpc) is 3.10. The van der Waals surface area contributed by atoms with Gasteiger partial charge < -0.3 is 14.6 Å². The van der Waals surface area contributed by atoms with Gasteiger partial charge in [0.25, 0.3) is 0 Å². The smallest absolute Gasteiger partial charge is 0.194 e. The number of rotatable bonds is 7. The number of benzene rings is 1. The molecule has 1 atom stereocenters. The number of aliphatic imine (C=N–C) groups is 1. The Morgan fingerprint density at radius 1 is 1.15 bits per heavy atom. The van der Waals surface area contributed by atoms with Crippen molar-refractivity contribution in [1.82, 2.24) is 15.1 Å². The van der Waals surface area contributed by atoms with Gasteiger partial charge in [0.2, 0.25) is 0 Å². The monoisotopic (exact) mass is 470 g/mol. The quantitative estimate of drug-likeness (QED) is 0.379. The van der Waals surface area contributed by atoms with Crippen molar-refractivity contribution < 1.29 is 4.42 Å². The minimum atomic E-state index is 0. The van der Waals surface area contributed by atoms with Gasteiger partial charge in [-0.1, -0.05) is 24.3 Å². The summed E-state index contributed by atoms with van der Waals surface area (Å²) in [7, 11) is 6.17. The molecule has 1 N–H and O–H groups in total. The maximum Gasteiger partial charge on any atom is 0.194 e. The van der Waals surface area contributed by atoms with Gasteiger partial charge in [0.05, 0.1) is 18.8 Å². The number of hydrogen-bond acceptors (Lipinski definition) is 3. The van der Waals surface area contributed by atoms with Gasteiger partial charge in [-0.3, -0.25) is 9.89 Å². The highest BCUT2D eigenvalue weighted by molar-refractivity contribution is 14.0. The lowest BCUT2D eigenvalue weighted by Crippen LogP contribution is -2.39. The fourth-order valence-corrected chi connectivity index (χ4v) is 2.75. The summed E-state index contributed by atoms with van der Waals surface area (Å²) in [6.07, 6.45) is 1.71. The summed E-state index contributed by atoms with van der Waals surface area (Å²) in [4.78, 5) is 9.15. The number of likely N-dealkylation sites (N-methyl/N-ethyl adjacent to an activating group) is 1. The van der Waals surface area contributed by atoms with Gasteiger partial charge in [0, 0.05) is 20.1 Å². The summed E-state index contributed by atoms with van der Waals surface area (Å²) in [6, 6.07) is 12.5. The molecule has 0 aliphatic rings. The Kier molecular flexibility index (Phi) is 9.72. The first-order chi connectivity index (χ1) is 12.0. The van der Waals surface area contributed by atoms with Crippen LogP contribution in [0.25, 0.3) is 0 Å². The van der Waals surface area contributed by atoms with E-state index in [1.165, 1.54) is 11.1 Å². The molecular weight excluding hydrogens is 439 g/mol. The molecule has 1 unspecified atom stereocenters. The van der Waals surface area contributed by atoms with Gasteiger partial charge in [0.15, 0.2) is 5.96 Å². The Labute approximate surface area is 174 Å². The Morgan fingerprint density at radius 2 is 1.88 bits per heavy atom. The normalized spacial score (nSPS) is 12.6. The molecule has 2 aromatic rings. The fourth-order valence-electron chi connectivity index (χ4n) is 2.75. The van der Waals surface area contributed by atoms with E-state index < -0.39 is 0 Å². The highest BCUT2D eigenvalue weighted by Crippen LogP contribution is 2.19. The van der Waals surface area contributed by atoms with Crippen LogP contribution in [0.5, 0.6) is 0 Å². The maximum absolute atomic E-state index is 5.58. The molecule has 0 radical (unpaired) electrons. The molecule has 0 saturated carbocycles. The van der Waals surface area contributed by atoms with Gasteiger partial charge in [-0.15, -0.1) is 24.0 Å². The Hall–Kier alpha value is -1.54. The second-order valence-corrected chi connectivity index (χ2v) is 6.47. The molecule has 144 valence electrons. The molecule has 0 amide bonds. The highest BCUT2D eigenvalue weighted by Gasteiger charge is 2.17. The van der Waals surface area contributed by atoms with Crippen molar-refractivity contribution in [3.05, 3.63) is 59.5 Å². The standard InChI is InChI=1S/C20H30N4O.HI/c1-6-21-20(24(5)15-17-11-8-7-10-16(17)2)22-14-18(23(3)4)19-12-9-13-25-19;/h7-13,18H,6,14-15H2,1-5H3,(H,21,22);1H. The summed E-state index contributed by atoms with van der Waals surface area (Å²) in [5.74, 6) is 1.84. The summed E-state index contributed by atoms with van der Waals surface area (Å²) < 4.78 is 5.58. The van der Waals surface area contributed by atoms with E-state index in [-0.39, 0.29) is 30.0 Å². The molecule has 1 aromatic carbocycles. The number of guanidine groups is 1. The lowest BCUT2D eigenvalue weighted by Gasteiger charge is -2.25. The summed E-state index contributed by atoms with van der Waals surface area (Å²) in [5.41, 5.74) is 2.61. The number of hydrogen-bond donors (Lipinski definition) is 1. The van der Waals surface area contributed by atoms with E-state index in [2.05, 4.69) is 60.3 Å². The predicted octanol–water partition coefficient (Wildman–Crippen LogP) is 3.91. The zero-order chi connectivity index (χ0) is 18.2. The van der Waals surface area contributed by atoms with Crippen LogP contribution in [0.2, 0.25) is 0 Å². The van der Waals surface area contributed by atoms with Gasteiger partial charge >= 0.3 is 0 Å². The van der Waals surface area contributed by atoms with Crippen LogP contribution in [0.1, 0.15) is 29.9 Å². The summed E-state index contributed by atoms with van der Waals surface area (Å²) >= 11 is 0. The number of aryl methyl sites for hydroxylation is 1. The highest BCUT2D eigenvalue weighted by atomic mass is 127. The second kappa shape index (κ2) is 11.2. The number of nitrogens with zero attached hydrogens (tertiary/aromatic N) is 3. The first-order valence-corrected chi connectivity index (χ1v) is 8.76. The van der Waals surface area contributed by atoms with Crippen LogP contribution in [0, 0.1) is 6.92 Å². The van der Waals surface area contributed by atoms with Gasteiger partial charge in [-0.05, 0) is 51.2 Å². The number of nitrogens with one attached hydrogen (secondary N) is 1. The topological polar surface area (TPSA) is 44.0 Å². The zero-order valence-corrected chi connectivity index (χ0v) is 18.7. The largest absolute Gasteiger partial charge is 0.468 e.